The molecule has 0 unspecified atom stereocenters. The normalized spacial score (nSPS) is 14.5. The van der Waals surface area contributed by atoms with E-state index in [1.165, 1.54) is 0 Å². The Bertz CT molecular complexity index is 437. The van der Waals surface area contributed by atoms with Gasteiger partial charge >= 0.3 is 35.7 Å². The minimum Gasteiger partial charge on any atom is -1.00 e. The van der Waals surface area contributed by atoms with Gasteiger partial charge in [0.05, 0.1) is 12.2 Å². The molecule has 18 heavy (non-hydrogen) atoms. The average Bonchev–Trinajstić information content (AvgIpc) is 2.26. The van der Waals surface area contributed by atoms with Gasteiger partial charge in [0.1, 0.15) is 11.9 Å². The molecule has 2 heterocycles. The van der Waals surface area contributed by atoms with E-state index in [1.54, 1.807) is 17.4 Å². The fourth-order valence-corrected chi connectivity index (χ4v) is 1.75. The molecule has 0 atom stereocenters. The molecule has 1 aliphatic heterocycles. The molecule has 0 radical (unpaired) electrons. The molecule has 5 nitrogen and oxygen atoms in total. The third kappa shape index (κ3) is 3.93. The Hall–Kier alpha value is -0.650. The molecule has 0 saturated carbocycles. The van der Waals surface area contributed by atoms with Crippen molar-refractivity contribution < 1.29 is 40.5 Å². The second-order valence-corrected chi connectivity index (χ2v) is 5.15. The van der Waals surface area contributed by atoms with Gasteiger partial charge in [0.25, 0.3) is 0 Å². The van der Waals surface area contributed by atoms with Crippen LogP contribution in [-0.2, 0) is 17.7 Å². The monoisotopic (exact) mass is 259 g/mol. The minimum atomic E-state index is -0.454. The molecule has 0 saturated heterocycles. The molecule has 0 spiro atoms. The minimum absolute atomic E-state index is 0. The number of aromatic nitrogens is 2. The Morgan fingerprint density at radius 1 is 1.50 bits per heavy atom. The predicted molar refractivity (Wildman–Crippen MR) is 63.5 cm³/mol. The number of hydrogen-bond acceptors (Lipinski definition) is 4. The van der Waals surface area contributed by atoms with Crippen LogP contribution >= 0.6 is 0 Å². The zero-order chi connectivity index (χ0) is 12.5. The van der Waals surface area contributed by atoms with Crippen molar-refractivity contribution in [2.75, 3.05) is 6.54 Å². The molecule has 1 aromatic rings. The fourth-order valence-electron chi connectivity index (χ4n) is 1.75. The first-order chi connectivity index (χ1) is 7.96. The summed E-state index contributed by atoms with van der Waals surface area (Å²) in [6.45, 7) is 6.79. The molecular formula is C12H18N3NaO2. The first kappa shape index (κ1) is 15.4. The maximum Gasteiger partial charge on any atom is 1.00 e. The van der Waals surface area contributed by atoms with E-state index in [1.807, 2.05) is 20.8 Å². The van der Waals surface area contributed by atoms with E-state index >= 15 is 0 Å². The Morgan fingerprint density at radius 3 is 2.89 bits per heavy atom. The van der Waals surface area contributed by atoms with Gasteiger partial charge in [-0.2, -0.15) is 0 Å². The van der Waals surface area contributed by atoms with E-state index in [2.05, 4.69) is 9.97 Å². The Morgan fingerprint density at radius 2 is 2.22 bits per heavy atom. The van der Waals surface area contributed by atoms with Crippen LogP contribution in [0.5, 0.6) is 0 Å². The van der Waals surface area contributed by atoms with Crippen molar-refractivity contribution >= 4 is 6.09 Å². The molecule has 94 valence electrons. The summed E-state index contributed by atoms with van der Waals surface area (Å²) in [5.41, 5.74) is 1.58. The van der Waals surface area contributed by atoms with Crippen LogP contribution in [-0.4, -0.2) is 33.1 Å². The number of amides is 1. The first-order valence-corrected chi connectivity index (χ1v) is 5.71. The second-order valence-electron chi connectivity index (χ2n) is 5.15. The van der Waals surface area contributed by atoms with Crippen molar-refractivity contribution in [1.82, 2.24) is 14.9 Å². The molecule has 6 heteroatoms. The molecule has 1 amide bonds. The van der Waals surface area contributed by atoms with Crippen molar-refractivity contribution in [3.05, 3.63) is 23.8 Å². The van der Waals surface area contributed by atoms with Crippen molar-refractivity contribution in [2.24, 2.45) is 0 Å². The molecular weight excluding hydrogens is 241 g/mol. The third-order valence-electron chi connectivity index (χ3n) is 2.51. The summed E-state index contributed by atoms with van der Waals surface area (Å²) in [7, 11) is 0. The third-order valence-corrected chi connectivity index (χ3v) is 2.51. The summed E-state index contributed by atoms with van der Waals surface area (Å²) in [6, 6.07) is 0. The quantitative estimate of drug-likeness (QED) is 0.554. The van der Waals surface area contributed by atoms with Crippen molar-refractivity contribution in [3.8, 4) is 0 Å². The number of hydrogen-bond donors (Lipinski definition) is 0. The van der Waals surface area contributed by atoms with E-state index in [-0.39, 0.29) is 37.1 Å². The number of fused-ring (bicyclic) bond motifs is 1. The van der Waals surface area contributed by atoms with Crippen LogP contribution in [0.3, 0.4) is 0 Å². The van der Waals surface area contributed by atoms with Crippen LogP contribution in [0.4, 0.5) is 4.79 Å². The largest absolute Gasteiger partial charge is 1.00 e. The molecule has 1 aromatic heterocycles. The summed E-state index contributed by atoms with van der Waals surface area (Å²) >= 11 is 0. The van der Waals surface area contributed by atoms with Crippen LogP contribution in [0, 0.1) is 0 Å². The van der Waals surface area contributed by atoms with Gasteiger partial charge in [-0.1, -0.05) is 0 Å². The number of ether oxygens (including phenoxy) is 1. The average molecular weight is 259 g/mol. The maximum atomic E-state index is 11.9. The molecule has 0 bridgehead atoms. The van der Waals surface area contributed by atoms with Gasteiger partial charge in [-0.15, -0.1) is 0 Å². The molecule has 0 fully saturated rings. The van der Waals surface area contributed by atoms with E-state index < -0.39 is 5.60 Å². The van der Waals surface area contributed by atoms with Gasteiger partial charge in [-0.3, -0.25) is 0 Å². The van der Waals surface area contributed by atoms with E-state index in [4.69, 9.17) is 4.74 Å². The number of carbonyl (C=O) groups excluding carboxylic acids is 1. The van der Waals surface area contributed by atoms with Crippen molar-refractivity contribution in [2.45, 2.75) is 39.3 Å². The number of carbonyl (C=O) groups is 1. The molecule has 0 aliphatic carbocycles. The SMILES string of the molecule is CC(C)(C)OC(=O)N1CCc2ncncc2C1.[H-].[Na+]. The maximum absolute atomic E-state index is 11.9. The zero-order valence-electron chi connectivity index (χ0n) is 12.4. The molecule has 1 aliphatic rings. The topological polar surface area (TPSA) is 55.3 Å². The van der Waals surface area contributed by atoms with Gasteiger partial charge in [-0.05, 0) is 20.8 Å². The molecule has 0 N–H and O–H groups in total. The first-order valence-electron chi connectivity index (χ1n) is 5.71. The van der Waals surface area contributed by atoms with Crippen LogP contribution in [0.1, 0.15) is 33.5 Å². The fraction of sp³-hybridized carbons (Fsp3) is 0.583. The summed E-state index contributed by atoms with van der Waals surface area (Å²) in [5.74, 6) is 0. The molecule has 0 aromatic carbocycles. The van der Waals surface area contributed by atoms with Gasteiger partial charge < -0.3 is 11.1 Å². The van der Waals surface area contributed by atoms with Crippen LogP contribution < -0.4 is 29.6 Å². The Balaban J connectivity index is 0.00000162. The van der Waals surface area contributed by atoms with Crippen LogP contribution in [0.25, 0.3) is 0 Å². The molecule has 2 rings (SSSR count). The summed E-state index contributed by atoms with van der Waals surface area (Å²) in [5, 5.41) is 0. The predicted octanol–water partition coefficient (Wildman–Crippen LogP) is -1.11. The zero-order valence-corrected chi connectivity index (χ0v) is 13.4. The van der Waals surface area contributed by atoms with E-state index in [0.29, 0.717) is 13.1 Å². The van der Waals surface area contributed by atoms with Gasteiger partial charge in [-0.25, -0.2) is 14.8 Å². The standard InChI is InChI=1S/C12H17N3O2.Na.H/c1-12(2,3)17-11(16)15-5-4-10-9(7-15)6-13-8-14-10;;/h6,8H,4-5,7H2,1-3H3;;/q;+1;-1. The van der Waals surface area contributed by atoms with Crippen LogP contribution in [0.15, 0.2) is 12.5 Å². The summed E-state index contributed by atoms with van der Waals surface area (Å²) < 4.78 is 5.34. The van der Waals surface area contributed by atoms with E-state index in [9.17, 15) is 4.79 Å². The Kier molecular flexibility index (Phi) is 5.13. The van der Waals surface area contributed by atoms with Gasteiger partial charge in [0.2, 0.25) is 0 Å². The summed E-state index contributed by atoms with van der Waals surface area (Å²) in [4.78, 5) is 21.8. The second kappa shape index (κ2) is 5.99. The van der Waals surface area contributed by atoms with Crippen molar-refractivity contribution in [1.29, 1.82) is 0 Å². The van der Waals surface area contributed by atoms with E-state index in [0.717, 1.165) is 17.7 Å². The summed E-state index contributed by atoms with van der Waals surface area (Å²) in [6.07, 6.45) is 3.80. The van der Waals surface area contributed by atoms with Gasteiger partial charge in [0.15, 0.2) is 0 Å². The smallest absolute Gasteiger partial charge is 1.00 e. The number of rotatable bonds is 0. The Labute approximate surface area is 131 Å². The van der Waals surface area contributed by atoms with Crippen LogP contribution in [0.2, 0.25) is 0 Å². The van der Waals surface area contributed by atoms with Crippen molar-refractivity contribution in [3.63, 3.8) is 0 Å². The van der Waals surface area contributed by atoms with Gasteiger partial charge in [0, 0.05) is 24.7 Å². The number of nitrogens with zero attached hydrogens (tertiary/aromatic N) is 3.